The summed E-state index contributed by atoms with van der Waals surface area (Å²) in [5.41, 5.74) is 0.252. The number of hydrogen-bond acceptors (Lipinski definition) is 1. The smallest absolute Gasteiger partial charge is 0.335 e. The second kappa shape index (κ2) is 8.97. The molecule has 1 atom stereocenters. The Labute approximate surface area is 167 Å². The van der Waals surface area contributed by atoms with Crippen molar-refractivity contribution < 1.29 is 27.5 Å². The van der Waals surface area contributed by atoms with Gasteiger partial charge in [-0.3, -0.25) is 0 Å². The van der Waals surface area contributed by atoms with Crippen molar-refractivity contribution in [3.63, 3.8) is 0 Å². The molecule has 0 saturated heterocycles. The zero-order valence-corrected chi connectivity index (χ0v) is 16.2. The van der Waals surface area contributed by atoms with E-state index < -0.39 is 29.6 Å². The molecule has 0 heterocycles. The highest BCUT2D eigenvalue weighted by molar-refractivity contribution is 5.92. The van der Waals surface area contributed by atoms with Gasteiger partial charge in [-0.05, 0) is 59.6 Å². The molecule has 1 N–H and O–H groups in total. The van der Waals surface area contributed by atoms with Crippen LogP contribution < -0.4 is 0 Å². The van der Waals surface area contributed by atoms with Crippen LogP contribution in [0.1, 0.15) is 54.9 Å². The molecule has 0 amide bonds. The quantitative estimate of drug-likeness (QED) is 0.434. The van der Waals surface area contributed by atoms with E-state index in [9.17, 15) is 23.1 Å². The van der Waals surface area contributed by atoms with Gasteiger partial charge in [0, 0.05) is 6.42 Å². The number of carbonyl (C=O) groups is 1. The summed E-state index contributed by atoms with van der Waals surface area (Å²) in [5.74, 6) is -5.16. The molecular weight excluding hydrogens is 384 g/mol. The average molecular weight is 408 g/mol. The van der Waals surface area contributed by atoms with Gasteiger partial charge in [-0.1, -0.05) is 38.3 Å². The molecule has 0 aliphatic heterocycles. The normalized spacial score (nSPS) is 20.4. The van der Waals surface area contributed by atoms with Crippen molar-refractivity contribution in [2.45, 2.75) is 51.6 Å². The van der Waals surface area contributed by atoms with Gasteiger partial charge in [-0.2, -0.15) is 0 Å². The Hall–Kier alpha value is -2.37. The predicted molar refractivity (Wildman–Crippen MR) is 103 cm³/mol. The summed E-state index contributed by atoms with van der Waals surface area (Å²) in [5, 5.41) is 9.55. The van der Waals surface area contributed by atoms with Gasteiger partial charge >= 0.3 is 5.97 Å². The van der Waals surface area contributed by atoms with Crippen LogP contribution >= 0.6 is 0 Å². The molecule has 156 valence electrons. The Morgan fingerprint density at radius 1 is 1.10 bits per heavy atom. The highest BCUT2D eigenvalue weighted by Crippen LogP contribution is 2.37. The van der Waals surface area contributed by atoms with Crippen molar-refractivity contribution >= 4 is 5.97 Å². The summed E-state index contributed by atoms with van der Waals surface area (Å²) >= 11 is 0. The van der Waals surface area contributed by atoms with Gasteiger partial charge in [0.05, 0.1) is 5.56 Å². The lowest BCUT2D eigenvalue weighted by Gasteiger charge is -2.30. The minimum absolute atomic E-state index is 0.0126. The lowest BCUT2D eigenvalue weighted by atomic mass is 9.77. The van der Waals surface area contributed by atoms with E-state index >= 15 is 4.39 Å². The van der Waals surface area contributed by atoms with Gasteiger partial charge in [-0.25, -0.2) is 22.4 Å². The maximum absolute atomic E-state index is 15.2. The van der Waals surface area contributed by atoms with Crippen LogP contribution in [0.5, 0.6) is 0 Å². The monoisotopic (exact) mass is 408 g/mol. The van der Waals surface area contributed by atoms with Crippen molar-refractivity contribution in [3.8, 4) is 11.1 Å². The van der Waals surface area contributed by atoms with Gasteiger partial charge in [-0.15, -0.1) is 0 Å². The van der Waals surface area contributed by atoms with Crippen molar-refractivity contribution in [1.82, 2.24) is 0 Å². The topological polar surface area (TPSA) is 37.3 Å². The molecule has 0 aromatic heterocycles. The summed E-state index contributed by atoms with van der Waals surface area (Å²) in [6, 6.07) is 5.87. The minimum atomic E-state index is -1.60. The molecule has 0 spiro atoms. The zero-order chi connectivity index (χ0) is 21.1. The van der Waals surface area contributed by atoms with Gasteiger partial charge in [0.2, 0.25) is 0 Å². The van der Waals surface area contributed by atoms with Crippen LogP contribution in [0.25, 0.3) is 11.1 Å². The van der Waals surface area contributed by atoms with Crippen LogP contribution in [0.4, 0.5) is 17.6 Å². The Morgan fingerprint density at radius 3 is 2.28 bits per heavy atom. The molecule has 1 aliphatic carbocycles. The average Bonchev–Trinajstić information content (AvgIpc) is 2.71. The third-order valence-electron chi connectivity index (χ3n) is 6.08. The molecule has 0 bridgehead atoms. The molecule has 1 aliphatic rings. The van der Waals surface area contributed by atoms with Gasteiger partial charge in [0.25, 0.3) is 0 Å². The van der Waals surface area contributed by atoms with Crippen molar-refractivity contribution in [3.05, 3.63) is 58.9 Å². The molecule has 1 saturated carbocycles. The van der Waals surface area contributed by atoms with E-state index in [1.807, 2.05) is 0 Å². The number of halogens is 4. The molecule has 6 heteroatoms. The molecule has 0 radical (unpaired) electrons. The number of carboxylic acids is 1. The summed E-state index contributed by atoms with van der Waals surface area (Å²) in [6.45, 7) is 2.12. The van der Waals surface area contributed by atoms with Crippen molar-refractivity contribution in [2.24, 2.45) is 11.8 Å². The molecule has 1 unspecified atom stereocenters. The molecule has 29 heavy (non-hydrogen) atoms. The SMILES string of the molecule is CCC1CCC(C(F)Cc2c(C(=O)O)cccc2-c2cc(F)c(F)c(F)c2)CC1. The van der Waals surface area contributed by atoms with E-state index in [0.29, 0.717) is 5.92 Å². The van der Waals surface area contributed by atoms with Gasteiger partial charge in [0.15, 0.2) is 17.5 Å². The maximum Gasteiger partial charge on any atom is 0.335 e. The summed E-state index contributed by atoms with van der Waals surface area (Å²) in [6.07, 6.45) is 3.01. The van der Waals surface area contributed by atoms with E-state index in [1.54, 1.807) is 0 Å². The minimum Gasteiger partial charge on any atom is -0.478 e. The second-order valence-electron chi connectivity index (χ2n) is 7.80. The lowest BCUT2D eigenvalue weighted by Crippen LogP contribution is -2.25. The van der Waals surface area contributed by atoms with Crippen LogP contribution in [0, 0.1) is 29.3 Å². The Bertz CT molecular complexity index is 865. The third-order valence-corrected chi connectivity index (χ3v) is 6.08. The first-order chi connectivity index (χ1) is 13.8. The standard InChI is InChI=1S/C23H24F4O2/c1-2-13-6-8-14(9-7-13)19(24)12-18-16(4-3-5-17(18)23(28)29)15-10-20(25)22(27)21(26)11-15/h3-5,10-11,13-14,19H,2,6-9,12H2,1H3,(H,28,29). The van der Waals surface area contributed by atoms with E-state index in [2.05, 4.69) is 6.92 Å². The zero-order valence-electron chi connectivity index (χ0n) is 16.2. The Kier molecular flexibility index (Phi) is 6.60. The van der Waals surface area contributed by atoms with Crippen LogP contribution in [0.15, 0.2) is 30.3 Å². The first-order valence-electron chi connectivity index (χ1n) is 9.96. The molecule has 2 nitrogen and oxygen atoms in total. The van der Waals surface area contributed by atoms with Crippen LogP contribution in [-0.2, 0) is 6.42 Å². The highest BCUT2D eigenvalue weighted by atomic mass is 19.2. The Balaban J connectivity index is 1.96. The fourth-order valence-corrected chi connectivity index (χ4v) is 4.31. The summed E-state index contributed by atoms with van der Waals surface area (Å²) < 4.78 is 56.0. The van der Waals surface area contributed by atoms with Crippen LogP contribution in [0.3, 0.4) is 0 Å². The first-order valence-corrected chi connectivity index (χ1v) is 9.96. The van der Waals surface area contributed by atoms with Crippen molar-refractivity contribution in [1.29, 1.82) is 0 Å². The van der Waals surface area contributed by atoms with E-state index in [4.69, 9.17) is 0 Å². The van der Waals surface area contributed by atoms with Crippen LogP contribution in [0.2, 0.25) is 0 Å². The molecular formula is C23H24F4O2. The molecule has 2 aromatic carbocycles. The van der Waals surface area contributed by atoms with Gasteiger partial charge in [0.1, 0.15) is 6.17 Å². The number of carboxylic acid groups (broad SMARTS) is 1. The largest absolute Gasteiger partial charge is 0.478 e. The fourth-order valence-electron chi connectivity index (χ4n) is 4.31. The van der Waals surface area contributed by atoms with Gasteiger partial charge < -0.3 is 5.11 Å². The number of benzene rings is 2. The van der Waals surface area contributed by atoms with E-state index in [0.717, 1.165) is 44.2 Å². The molecule has 3 rings (SSSR count). The van der Waals surface area contributed by atoms with Crippen LogP contribution in [-0.4, -0.2) is 17.2 Å². The number of aromatic carboxylic acids is 1. The molecule has 2 aromatic rings. The maximum atomic E-state index is 15.2. The first kappa shape index (κ1) is 21.3. The number of alkyl halides is 1. The summed E-state index contributed by atoms with van der Waals surface area (Å²) in [4.78, 5) is 11.7. The third kappa shape index (κ3) is 4.62. The number of rotatable bonds is 6. The predicted octanol–water partition coefficient (Wildman–Crippen LogP) is 6.57. The fraction of sp³-hybridized carbons (Fsp3) is 0.435. The molecule has 1 fully saturated rings. The second-order valence-corrected chi connectivity index (χ2v) is 7.80. The van der Waals surface area contributed by atoms with E-state index in [1.165, 1.54) is 18.2 Å². The Morgan fingerprint density at radius 2 is 1.72 bits per heavy atom. The van der Waals surface area contributed by atoms with E-state index in [-0.39, 0.29) is 34.6 Å². The lowest BCUT2D eigenvalue weighted by molar-refractivity contribution is 0.0694. The highest BCUT2D eigenvalue weighted by Gasteiger charge is 2.29. The summed E-state index contributed by atoms with van der Waals surface area (Å²) in [7, 11) is 0. The van der Waals surface area contributed by atoms with Crippen molar-refractivity contribution in [2.75, 3.05) is 0 Å². The number of hydrogen-bond donors (Lipinski definition) is 1.